The highest BCUT2D eigenvalue weighted by Crippen LogP contribution is 2.32. The number of methoxy groups -OCH3 is 2. The third kappa shape index (κ3) is 6.05. The average molecular weight is 513 g/mol. The van der Waals surface area contributed by atoms with E-state index < -0.39 is 0 Å². The van der Waals surface area contributed by atoms with Crippen molar-refractivity contribution >= 4 is 11.6 Å². The molecule has 1 saturated carbocycles. The first-order valence-electron chi connectivity index (χ1n) is 14.1. The lowest BCUT2D eigenvalue weighted by Crippen LogP contribution is -2.45. The van der Waals surface area contributed by atoms with E-state index in [9.17, 15) is 4.79 Å². The number of benzene rings is 3. The number of likely N-dealkylation sites (tertiary alicyclic amines) is 1. The molecular formula is C33H40N2O3. The standard InChI is InChI=1S/C33H40N2O3/c1-37-31-20-17-28(22-32(31)38-2)33(36)35(29-18-15-27(16-19-29)26-12-7-4-8-13-26)24-30-14-9-21-34(30)23-25-10-5-3-6-11-25/h4,7-8,12-13,15-20,22,25,30H,3,5-6,9-11,14,21,23-24H2,1-2H3. The van der Waals surface area contributed by atoms with Crippen LogP contribution in [0.5, 0.6) is 11.5 Å². The van der Waals surface area contributed by atoms with Gasteiger partial charge in [0.15, 0.2) is 11.5 Å². The van der Waals surface area contributed by atoms with Crippen molar-refractivity contribution in [1.29, 1.82) is 0 Å². The summed E-state index contributed by atoms with van der Waals surface area (Å²) in [5.74, 6) is 1.97. The van der Waals surface area contributed by atoms with Crippen LogP contribution in [0.25, 0.3) is 11.1 Å². The minimum absolute atomic E-state index is 0.0112. The van der Waals surface area contributed by atoms with Crippen LogP contribution in [-0.4, -0.2) is 50.7 Å². The molecule has 1 aliphatic heterocycles. The topological polar surface area (TPSA) is 42.0 Å². The first-order valence-corrected chi connectivity index (χ1v) is 14.1. The van der Waals surface area contributed by atoms with E-state index in [1.165, 1.54) is 44.1 Å². The number of rotatable bonds is 9. The fraction of sp³-hybridized carbons (Fsp3) is 0.424. The molecule has 38 heavy (non-hydrogen) atoms. The van der Waals surface area contributed by atoms with Crippen molar-refractivity contribution in [2.45, 2.75) is 51.0 Å². The van der Waals surface area contributed by atoms with E-state index in [-0.39, 0.29) is 5.91 Å². The number of hydrogen-bond acceptors (Lipinski definition) is 4. The SMILES string of the molecule is COc1ccc(C(=O)N(CC2CCCN2CC2CCCCC2)c2ccc(-c3ccccc3)cc2)cc1OC. The molecule has 1 atom stereocenters. The Bertz CT molecular complexity index is 1190. The highest BCUT2D eigenvalue weighted by molar-refractivity contribution is 6.06. The third-order valence-corrected chi connectivity index (χ3v) is 8.27. The maximum atomic E-state index is 14.1. The number of hydrogen-bond donors (Lipinski definition) is 0. The second-order valence-corrected chi connectivity index (χ2v) is 10.7. The van der Waals surface area contributed by atoms with Crippen LogP contribution < -0.4 is 14.4 Å². The number of amides is 1. The minimum atomic E-state index is -0.0112. The molecule has 1 aliphatic carbocycles. The zero-order valence-electron chi connectivity index (χ0n) is 22.8. The summed E-state index contributed by atoms with van der Waals surface area (Å²) in [6.45, 7) is 2.98. The molecule has 1 saturated heterocycles. The van der Waals surface area contributed by atoms with Crippen molar-refractivity contribution in [2.24, 2.45) is 5.92 Å². The van der Waals surface area contributed by atoms with Gasteiger partial charge in [-0.25, -0.2) is 0 Å². The fourth-order valence-corrected chi connectivity index (χ4v) is 6.15. The van der Waals surface area contributed by atoms with E-state index in [0.29, 0.717) is 29.6 Å². The summed E-state index contributed by atoms with van der Waals surface area (Å²) in [5, 5.41) is 0. The Morgan fingerprint density at radius 3 is 2.24 bits per heavy atom. The van der Waals surface area contributed by atoms with Crippen LogP contribution in [0.15, 0.2) is 72.8 Å². The van der Waals surface area contributed by atoms with Gasteiger partial charge in [0, 0.05) is 30.4 Å². The van der Waals surface area contributed by atoms with Crippen LogP contribution in [0.3, 0.4) is 0 Å². The molecule has 0 spiro atoms. The molecule has 3 aromatic rings. The Kier molecular flexibility index (Phi) is 8.65. The van der Waals surface area contributed by atoms with Crippen molar-refractivity contribution < 1.29 is 14.3 Å². The van der Waals surface area contributed by atoms with Gasteiger partial charge in [-0.2, -0.15) is 0 Å². The minimum Gasteiger partial charge on any atom is -0.493 e. The second-order valence-electron chi connectivity index (χ2n) is 10.7. The van der Waals surface area contributed by atoms with E-state index >= 15 is 0 Å². The summed E-state index contributed by atoms with van der Waals surface area (Å²) in [4.78, 5) is 18.7. The van der Waals surface area contributed by atoms with Gasteiger partial charge in [-0.05, 0) is 79.6 Å². The van der Waals surface area contributed by atoms with Crippen LogP contribution >= 0.6 is 0 Å². The molecule has 1 unspecified atom stereocenters. The van der Waals surface area contributed by atoms with Gasteiger partial charge in [0.05, 0.1) is 14.2 Å². The molecule has 5 rings (SSSR count). The van der Waals surface area contributed by atoms with Gasteiger partial charge >= 0.3 is 0 Å². The lowest BCUT2D eigenvalue weighted by Gasteiger charge is -2.34. The Morgan fingerprint density at radius 1 is 0.816 bits per heavy atom. The highest BCUT2D eigenvalue weighted by atomic mass is 16.5. The van der Waals surface area contributed by atoms with Gasteiger partial charge in [0.25, 0.3) is 5.91 Å². The summed E-state index contributed by atoms with van der Waals surface area (Å²) in [6, 6.07) is 24.6. The molecule has 200 valence electrons. The molecule has 0 bridgehead atoms. The van der Waals surface area contributed by atoms with Crippen molar-refractivity contribution in [1.82, 2.24) is 4.90 Å². The number of carbonyl (C=O) groups excluding carboxylic acids is 1. The van der Waals surface area contributed by atoms with Crippen molar-refractivity contribution in [3.63, 3.8) is 0 Å². The molecule has 2 fully saturated rings. The molecular weight excluding hydrogens is 472 g/mol. The number of nitrogens with zero attached hydrogens (tertiary/aromatic N) is 2. The normalized spacial score (nSPS) is 18.3. The molecule has 3 aromatic carbocycles. The first kappa shape index (κ1) is 26.3. The van der Waals surface area contributed by atoms with E-state index in [1.807, 2.05) is 23.1 Å². The summed E-state index contributed by atoms with van der Waals surface area (Å²) in [5.41, 5.74) is 3.85. The third-order valence-electron chi connectivity index (χ3n) is 8.27. The summed E-state index contributed by atoms with van der Waals surface area (Å²) >= 11 is 0. The monoisotopic (exact) mass is 512 g/mol. The fourth-order valence-electron chi connectivity index (χ4n) is 6.15. The van der Waals surface area contributed by atoms with E-state index in [0.717, 1.165) is 36.7 Å². The molecule has 2 aliphatic rings. The molecule has 1 heterocycles. The quantitative estimate of drug-likeness (QED) is 0.308. The summed E-state index contributed by atoms with van der Waals surface area (Å²) in [6.07, 6.45) is 9.12. The van der Waals surface area contributed by atoms with E-state index in [4.69, 9.17) is 9.47 Å². The maximum Gasteiger partial charge on any atom is 0.258 e. The van der Waals surface area contributed by atoms with Gasteiger partial charge in [-0.3, -0.25) is 9.69 Å². The lowest BCUT2D eigenvalue weighted by molar-refractivity contribution is 0.0975. The number of anilines is 1. The number of ether oxygens (including phenoxy) is 2. The smallest absolute Gasteiger partial charge is 0.258 e. The Labute approximate surface area is 227 Å². The molecule has 5 heteroatoms. The van der Waals surface area contributed by atoms with E-state index in [1.54, 1.807) is 20.3 Å². The van der Waals surface area contributed by atoms with Crippen molar-refractivity contribution in [3.05, 3.63) is 78.4 Å². The Hall–Kier alpha value is -3.31. The number of carbonyl (C=O) groups is 1. The van der Waals surface area contributed by atoms with E-state index in [2.05, 4.69) is 53.4 Å². The van der Waals surface area contributed by atoms with Crippen molar-refractivity contribution in [2.75, 3.05) is 38.8 Å². The lowest BCUT2D eigenvalue weighted by atomic mass is 9.89. The van der Waals surface area contributed by atoms with Crippen LogP contribution in [-0.2, 0) is 0 Å². The Balaban J connectivity index is 1.42. The molecule has 1 amide bonds. The second kappa shape index (κ2) is 12.5. The van der Waals surface area contributed by atoms with Crippen LogP contribution in [0.2, 0.25) is 0 Å². The highest BCUT2D eigenvalue weighted by Gasteiger charge is 2.31. The zero-order chi connectivity index (χ0) is 26.3. The Morgan fingerprint density at radius 2 is 1.53 bits per heavy atom. The van der Waals surface area contributed by atoms with Crippen LogP contribution in [0, 0.1) is 5.92 Å². The average Bonchev–Trinajstić information content (AvgIpc) is 3.42. The summed E-state index contributed by atoms with van der Waals surface area (Å²) < 4.78 is 10.9. The van der Waals surface area contributed by atoms with Crippen LogP contribution in [0.4, 0.5) is 5.69 Å². The van der Waals surface area contributed by atoms with Gasteiger partial charge in [0.2, 0.25) is 0 Å². The molecule has 5 nitrogen and oxygen atoms in total. The van der Waals surface area contributed by atoms with Gasteiger partial charge in [-0.1, -0.05) is 61.7 Å². The predicted molar refractivity (Wildman–Crippen MR) is 154 cm³/mol. The largest absolute Gasteiger partial charge is 0.493 e. The molecule has 0 aromatic heterocycles. The predicted octanol–water partition coefficient (Wildman–Crippen LogP) is 7.06. The van der Waals surface area contributed by atoms with Gasteiger partial charge in [-0.15, -0.1) is 0 Å². The first-order chi connectivity index (χ1) is 18.7. The van der Waals surface area contributed by atoms with Gasteiger partial charge < -0.3 is 14.4 Å². The van der Waals surface area contributed by atoms with Gasteiger partial charge in [0.1, 0.15) is 0 Å². The zero-order valence-corrected chi connectivity index (χ0v) is 22.8. The molecule has 0 radical (unpaired) electrons. The molecule has 0 N–H and O–H groups in total. The van der Waals surface area contributed by atoms with Crippen molar-refractivity contribution in [3.8, 4) is 22.6 Å². The van der Waals surface area contributed by atoms with Crippen LogP contribution in [0.1, 0.15) is 55.3 Å². The summed E-state index contributed by atoms with van der Waals surface area (Å²) in [7, 11) is 3.22. The maximum absolute atomic E-state index is 14.1.